The highest BCUT2D eigenvalue weighted by molar-refractivity contribution is 5.78. The second kappa shape index (κ2) is 4.34. The Morgan fingerprint density at radius 2 is 2.00 bits per heavy atom. The van der Waals surface area contributed by atoms with E-state index in [1.807, 2.05) is 32.0 Å². The number of anilines is 1. The van der Waals surface area contributed by atoms with Gasteiger partial charge in [0.2, 0.25) is 0 Å². The Labute approximate surface area is 90.3 Å². The van der Waals surface area contributed by atoms with Crippen molar-refractivity contribution in [3.63, 3.8) is 0 Å². The number of aliphatic carboxylic acids is 1. The minimum atomic E-state index is -0.807. The van der Waals surface area contributed by atoms with Crippen molar-refractivity contribution in [2.24, 2.45) is 0 Å². The monoisotopic (exact) mass is 207 g/mol. The number of hydrogen-bond donors (Lipinski definition) is 1. The normalized spacial score (nSPS) is 12.3. The highest BCUT2D eigenvalue weighted by Gasteiger charge is 2.18. The van der Waals surface area contributed by atoms with Crippen molar-refractivity contribution in [2.75, 3.05) is 11.9 Å². The van der Waals surface area contributed by atoms with E-state index in [-0.39, 0.29) is 0 Å². The molecular formula is C12H17NO2. The van der Waals surface area contributed by atoms with E-state index in [9.17, 15) is 4.79 Å². The molecule has 1 aromatic rings. The van der Waals surface area contributed by atoms with Crippen LogP contribution in [0, 0.1) is 13.8 Å². The van der Waals surface area contributed by atoms with Gasteiger partial charge >= 0.3 is 5.97 Å². The van der Waals surface area contributed by atoms with Gasteiger partial charge in [-0.05, 0) is 38.0 Å². The number of rotatable bonds is 3. The maximum atomic E-state index is 10.9. The largest absolute Gasteiger partial charge is 0.480 e. The van der Waals surface area contributed by atoms with E-state index >= 15 is 0 Å². The summed E-state index contributed by atoms with van der Waals surface area (Å²) < 4.78 is 0. The number of aryl methyl sites for hydroxylation is 2. The summed E-state index contributed by atoms with van der Waals surface area (Å²) in [6, 6.07) is 5.54. The van der Waals surface area contributed by atoms with E-state index in [2.05, 4.69) is 0 Å². The van der Waals surface area contributed by atoms with Crippen molar-refractivity contribution in [1.82, 2.24) is 0 Å². The number of likely N-dealkylation sites (N-methyl/N-ethyl adjacent to an activating group) is 1. The fourth-order valence-electron chi connectivity index (χ4n) is 1.47. The molecule has 82 valence electrons. The first kappa shape index (κ1) is 11.6. The van der Waals surface area contributed by atoms with E-state index in [0.717, 1.165) is 16.8 Å². The fourth-order valence-corrected chi connectivity index (χ4v) is 1.47. The van der Waals surface area contributed by atoms with Crippen LogP contribution in [0.5, 0.6) is 0 Å². The molecule has 3 heteroatoms. The lowest BCUT2D eigenvalue weighted by atomic mass is 10.1. The summed E-state index contributed by atoms with van der Waals surface area (Å²) in [7, 11) is 1.81. The fraction of sp³-hybridized carbons (Fsp3) is 0.417. The molecule has 0 saturated carbocycles. The molecule has 0 radical (unpaired) electrons. The van der Waals surface area contributed by atoms with E-state index in [1.165, 1.54) is 0 Å². The molecule has 0 bridgehead atoms. The SMILES string of the molecule is Cc1ccc(C)c(N(C)C(C)C(=O)O)c1. The number of carbonyl (C=O) groups is 1. The third-order valence-electron chi connectivity index (χ3n) is 2.68. The topological polar surface area (TPSA) is 40.5 Å². The summed E-state index contributed by atoms with van der Waals surface area (Å²) in [4.78, 5) is 12.7. The zero-order valence-corrected chi connectivity index (χ0v) is 9.61. The molecule has 1 atom stereocenters. The van der Waals surface area contributed by atoms with Crippen LogP contribution in [0.3, 0.4) is 0 Å². The minimum absolute atomic E-state index is 0.509. The van der Waals surface area contributed by atoms with Crippen molar-refractivity contribution in [3.05, 3.63) is 29.3 Å². The highest BCUT2D eigenvalue weighted by Crippen LogP contribution is 2.21. The van der Waals surface area contributed by atoms with Crippen molar-refractivity contribution >= 4 is 11.7 Å². The van der Waals surface area contributed by atoms with Gasteiger partial charge in [-0.15, -0.1) is 0 Å². The predicted molar refractivity (Wildman–Crippen MR) is 61.4 cm³/mol. The summed E-state index contributed by atoms with van der Waals surface area (Å²) in [6.07, 6.45) is 0. The third kappa shape index (κ3) is 2.49. The Morgan fingerprint density at radius 1 is 1.40 bits per heavy atom. The maximum Gasteiger partial charge on any atom is 0.326 e. The Bertz CT molecular complexity index is 374. The van der Waals surface area contributed by atoms with Crippen LogP contribution in [-0.4, -0.2) is 24.2 Å². The molecule has 3 nitrogen and oxygen atoms in total. The van der Waals surface area contributed by atoms with Gasteiger partial charge in [0.15, 0.2) is 0 Å². The molecule has 1 N–H and O–H groups in total. The average Bonchev–Trinajstić information content (AvgIpc) is 2.19. The zero-order valence-electron chi connectivity index (χ0n) is 9.61. The van der Waals surface area contributed by atoms with Gasteiger partial charge in [0, 0.05) is 12.7 Å². The van der Waals surface area contributed by atoms with Gasteiger partial charge < -0.3 is 10.0 Å². The summed E-state index contributed by atoms with van der Waals surface area (Å²) in [5.74, 6) is -0.807. The van der Waals surface area contributed by atoms with Gasteiger partial charge in [-0.25, -0.2) is 4.79 Å². The van der Waals surface area contributed by atoms with Crippen LogP contribution in [0.2, 0.25) is 0 Å². The quantitative estimate of drug-likeness (QED) is 0.826. The lowest BCUT2D eigenvalue weighted by Gasteiger charge is -2.25. The molecule has 0 aliphatic heterocycles. The Kier molecular flexibility index (Phi) is 3.35. The Hall–Kier alpha value is -1.51. The van der Waals surface area contributed by atoms with Gasteiger partial charge in [-0.1, -0.05) is 12.1 Å². The van der Waals surface area contributed by atoms with Crippen molar-refractivity contribution in [2.45, 2.75) is 26.8 Å². The Balaban J connectivity index is 3.04. The molecule has 1 unspecified atom stereocenters. The first-order valence-corrected chi connectivity index (χ1v) is 4.96. The number of carboxylic acids is 1. The number of carboxylic acid groups (broad SMARTS) is 1. The summed E-state index contributed by atoms with van der Waals surface area (Å²) in [5, 5.41) is 8.93. The molecule has 0 aliphatic carbocycles. The molecule has 1 rings (SSSR count). The molecule has 0 amide bonds. The summed E-state index contributed by atoms with van der Waals surface area (Å²) in [6.45, 7) is 5.67. The minimum Gasteiger partial charge on any atom is -0.480 e. The number of nitrogens with zero attached hydrogens (tertiary/aromatic N) is 1. The lowest BCUT2D eigenvalue weighted by molar-refractivity contribution is -0.138. The van der Waals surface area contributed by atoms with Crippen LogP contribution in [0.25, 0.3) is 0 Å². The lowest BCUT2D eigenvalue weighted by Crippen LogP contribution is -2.36. The Morgan fingerprint density at radius 3 is 2.53 bits per heavy atom. The van der Waals surface area contributed by atoms with Crippen LogP contribution >= 0.6 is 0 Å². The zero-order chi connectivity index (χ0) is 11.6. The van der Waals surface area contributed by atoms with Crippen LogP contribution < -0.4 is 4.90 Å². The first-order chi connectivity index (χ1) is 6.93. The van der Waals surface area contributed by atoms with Crippen LogP contribution in [-0.2, 0) is 4.79 Å². The van der Waals surface area contributed by atoms with Crippen LogP contribution in [0.1, 0.15) is 18.1 Å². The molecule has 1 aromatic carbocycles. The molecular weight excluding hydrogens is 190 g/mol. The molecule has 0 fully saturated rings. The molecule has 0 aromatic heterocycles. The van der Waals surface area contributed by atoms with Crippen molar-refractivity contribution in [1.29, 1.82) is 0 Å². The average molecular weight is 207 g/mol. The van der Waals surface area contributed by atoms with E-state index in [0.29, 0.717) is 0 Å². The van der Waals surface area contributed by atoms with Crippen molar-refractivity contribution < 1.29 is 9.90 Å². The molecule has 0 heterocycles. The second-order valence-electron chi connectivity index (χ2n) is 3.92. The summed E-state index contributed by atoms with van der Waals surface area (Å²) >= 11 is 0. The number of benzene rings is 1. The third-order valence-corrected chi connectivity index (χ3v) is 2.68. The standard InChI is InChI=1S/C12H17NO2/c1-8-5-6-9(2)11(7-8)13(4)10(3)12(14)15/h5-7,10H,1-4H3,(H,14,15). The van der Waals surface area contributed by atoms with Crippen LogP contribution in [0.4, 0.5) is 5.69 Å². The van der Waals surface area contributed by atoms with Gasteiger partial charge in [0.05, 0.1) is 0 Å². The molecule has 0 spiro atoms. The van der Waals surface area contributed by atoms with Crippen molar-refractivity contribution in [3.8, 4) is 0 Å². The van der Waals surface area contributed by atoms with Gasteiger partial charge in [0.25, 0.3) is 0 Å². The van der Waals surface area contributed by atoms with Gasteiger partial charge in [-0.2, -0.15) is 0 Å². The second-order valence-corrected chi connectivity index (χ2v) is 3.92. The maximum absolute atomic E-state index is 10.9. The van der Waals surface area contributed by atoms with Gasteiger partial charge in [-0.3, -0.25) is 0 Å². The van der Waals surface area contributed by atoms with Gasteiger partial charge in [0.1, 0.15) is 6.04 Å². The smallest absolute Gasteiger partial charge is 0.326 e. The number of hydrogen-bond acceptors (Lipinski definition) is 2. The van der Waals surface area contributed by atoms with Crippen LogP contribution in [0.15, 0.2) is 18.2 Å². The van der Waals surface area contributed by atoms with E-state index < -0.39 is 12.0 Å². The van der Waals surface area contributed by atoms with E-state index in [1.54, 1.807) is 18.9 Å². The molecule has 0 saturated heterocycles. The highest BCUT2D eigenvalue weighted by atomic mass is 16.4. The first-order valence-electron chi connectivity index (χ1n) is 4.96. The molecule has 15 heavy (non-hydrogen) atoms. The summed E-state index contributed by atoms with van der Waals surface area (Å²) in [5.41, 5.74) is 3.21. The van der Waals surface area contributed by atoms with E-state index in [4.69, 9.17) is 5.11 Å². The predicted octanol–water partition coefficient (Wildman–Crippen LogP) is 2.21. The molecule has 0 aliphatic rings.